The Kier molecular flexibility index (Phi) is 9.42. The molecule has 1 saturated heterocycles. The zero-order valence-corrected chi connectivity index (χ0v) is 24.6. The first-order valence-electron chi connectivity index (χ1n) is 12.5. The van der Waals surface area contributed by atoms with Crippen molar-refractivity contribution >= 4 is 20.4 Å². The highest BCUT2D eigenvalue weighted by Crippen LogP contribution is 2.38. The predicted octanol–water partition coefficient (Wildman–Crippen LogP) is 6.87. The molecule has 2 atom stereocenters. The summed E-state index contributed by atoms with van der Waals surface area (Å²) in [4.78, 5) is 12.3. The quantitative estimate of drug-likeness (QED) is 0.283. The summed E-state index contributed by atoms with van der Waals surface area (Å²) in [5.41, 5.74) is 1.55. The average molecular weight is 507 g/mol. The van der Waals surface area contributed by atoms with Crippen LogP contribution in [-0.4, -0.2) is 45.0 Å². The van der Waals surface area contributed by atoms with Crippen LogP contribution in [0.15, 0.2) is 24.3 Å². The molecule has 1 heterocycles. The molecule has 0 aliphatic carbocycles. The molecule has 0 radical (unpaired) electrons. The lowest BCUT2D eigenvalue weighted by molar-refractivity contribution is -0.290. The fourth-order valence-corrected chi connectivity index (χ4v) is 4.62. The SMILES string of the molecule is COc1ccc(C=C[C@@H]2C[C@H](CC(=O)OC(C)(C)C)OC(C)(C)O2)cc1CO[Si](C)(C)C(C)(C)C. The maximum Gasteiger partial charge on any atom is 0.308 e. The molecule has 7 heteroatoms. The molecular weight excluding hydrogens is 460 g/mol. The van der Waals surface area contributed by atoms with Gasteiger partial charge in [-0.25, -0.2) is 0 Å². The number of carbonyl (C=O) groups is 1. The lowest BCUT2D eigenvalue weighted by atomic mass is 10.0. The number of methoxy groups -OCH3 is 1. The average Bonchev–Trinajstić information content (AvgIpc) is 2.67. The van der Waals surface area contributed by atoms with Crippen molar-refractivity contribution in [3.05, 3.63) is 35.4 Å². The van der Waals surface area contributed by atoms with Gasteiger partial charge in [0.15, 0.2) is 14.1 Å². The molecule has 1 aromatic carbocycles. The van der Waals surface area contributed by atoms with Crippen molar-refractivity contribution in [1.82, 2.24) is 0 Å². The molecule has 1 fully saturated rings. The zero-order chi connectivity index (χ0) is 26.7. The van der Waals surface area contributed by atoms with Crippen molar-refractivity contribution in [2.45, 2.75) is 117 Å². The topological polar surface area (TPSA) is 63.2 Å². The fraction of sp³-hybridized carbons (Fsp3) is 0.679. The Morgan fingerprint density at radius 2 is 1.80 bits per heavy atom. The van der Waals surface area contributed by atoms with Crippen LogP contribution in [0, 0.1) is 0 Å². The number of rotatable bonds is 8. The molecule has 1 aliphatic rings. The summed E-state index contributed by atoms with van der Waals surface area (Å²) < 4.78 is 29.6. The Hall–Kier alpha value is -1.67. The lowest BCUT2D eigenvalue weighted by Crippen LogP contribution is -2.45. The molecule has 35 heavy (non-hydrogen) atoms. The second kappa shape index (κ2) is 11.2. The van der Waals surface area contributed by atoms with E-state index < -0.39 is 19.7 Å². The first-order chi connectivity index (χ1) is 15.9. The predicted molar refractivity (Wildman–Crippen MR) is 143 cm³/mol. The van der Waals surface area contributed by atoms with Crippen molar-refractivity contribution in [3.8, 4) is 5.75 Å². The molecule has 1 aromatic rings. The summed E-state index contributed by atoms with van der Waals surface area (Å²) in [6.45, 7) is 21.1. The molecule has 0 bridgehead atoms. The minimum absolute atomic E-state index is 0.140. The van der Waals surface area contributed by atoms with Crippen molar-refractivity contribution in [3.63, 3.8) is 0 Å². The third-order valence-electron chi connectivity index (χ3n) is 6.40. The van der Waals surface area contributed by atoms with E-state index in [0.29, 0.717) is 13.0 Å². The minimum Gasteiger partial charge on any atom is -0.496 e. The standard InChI is InChI=1S/C28H46O6Si/c1-26(2,3)34-25(29)18-23-17-22(32-28(7,8)33-23)14-12-20-13-15-24(30-9)21(16-20)19-31-35(10,11)27(4,5)6/h12-16,22-23H,17-19H2,1-11H3/t22-,23-/m1/s1. The number of hydrogen-bond donors (Lipinski definition) is 0. The van der Waals surface area contributed by atoms with Gasteiger partial charge in [-0.15, -0.1) is 0 Å². The van der Waals surface area contributed by atoms with E-state index in [0.717, 1.165) is 16.9 Å². The molecule has 6 nitrogen and oxygen atoms in total. The van der Waals surface area contributed by atoms with E-state index in [9.17, 15) is 4.79 Å². The summed E-state index contributed by atoms with van der Waals surface area (Å²) in [5.74, 6) is -0.228. The van der Waals surface area contributed by atoms with E-state index in [1.165, 1.54) is 0 Å². The van der Waals surface area contributed by atoms with Gasteiger partial charge >= 0.3 is 5.97 Å². The van der Waals surface area contributed by atoms with Crippen LogP contribution < -0.4 is 4.74 Å². The van der Waals surface area contributed by atoms with Gasteiger partial charge in [-0.2, -0.15) is 0 Å². The van der Waals surface area contributed by atoms with Crippen LogP contribution >= 0.6 is 0 Å². The third-order valence-corrected chi connectivity index (χ3v) is 10.9. The van der Waals surface area contributed by atoms with E-state index in [-0.39, 0.29) is 29.6 Å². The van der Waals surface area contributed by atoms with Crippen molar-refractivity contribution in [2.24, 2.45) is 0 Å². The first-order valence-corrected chi connectivity index (χ1v) is 15.4. The second-order valence-electron chi connectivity index (χ2n) is 12.3. The number of carbonyl (C=O) groups excluding carboxylic acids is 1. The molecule has 0 N–H and O–H groups in total. The Morgan fingerprint density at radius 1 is 1.14 bits per heavy atom. The second-order valence-corrected chi connectivity index (χ2v) is 17.1. The molecule has 0 spiro atoms. The molecule has 0 amide bonds. The first kappa shape index (κ1) is 29.6. The molecule has 1 aliphatic heterocycles. The summed E-state index contributed by atoms with van der Waals surface area (Å²) in [5, 5.41) is 0.140. The highest BCUT2D eigenvalue weighted by molar-refractivity contribution is 6.74. The maximum absolute atomic E-state index is 12.3. The summed E-state index contributed by atoms with van der Waals surface area (Å²) in [6.07, 6.45) is 4.41. The highest BCUT2D eigenvalue weighted by atomic mass is 28.4. The fourth-order valence-electron chi connectivity index (χ4n) is 3.67. The van der Waals surface area contributed by atoms with Gasteiger partial charge in [-0.3, -0.25) is 4.79 Å². The maximum atomic E-state index is 12.3. The van der Waals surface area contributed by atoms with E-state index in [2.05, 4.69) is 39.9 Å². The number of benzene rings is 1. The van der Waals surface area contributed by atoms with Crippen LogP contribution in [0.4, 0.5) is 0 Å². The molecule has 0 saturated carbocycles. The largest absolute Gasteiger partial charge is 0.496 e. The van der Waals surface area contributed by atoms with E-state index in [1.807, 2.05) is 58.9 Å². The molecular formula is C28H46O6Si. The van der Waals surface area contributed by atoms with Gasteiger partial charge in [0.05, 0.1) is 32.3 Å². The normalized spacial score (nSPS) is 21.2. The van der Waals surface area contributed by atoms with Gasteiger partial charge in [0.2, 0.25) is 0 Å². The zero-order valence-electron chi connectivity index (χ0n) is 23.6. The Bertz CT molecular complexity index is 892. The van der Waals surface area contributed by atoms with Crippen LogP contribution in [0.3, 0.4) is 0 Å². The van der Waals surface area contributed by atoms with Crippen molar-refractivity contribution in [1.29, 1.82) is 0 Å². The molecule has 0 unspecified atom stereocenters. The van der Waals surface area contributed by atoms with Gasteiger partial charge in [-0.05, 0) is 70.4 Å². The van der Waals surface area contributed by atoms with E-state index >= 15 is 0 Å². The summed E-state index contributed by atoms with van der Waals surface area (Å²) in [6, 6.07) is 6.10. The van der Waals surface area contributed by atoms with Gasteiger partial charge in [0.1, 0.15) is 11.4 Å². The number of ether oxygens (including phenoxy) is 4. The van der Waals surface area contributed by atoms with Crippen LogP contribution in [0.2, 0.25) is 18.1 Å². The van der Waals surface area contributed by atoms with Crippen LogP contribution in [0.1, 0.15) is 79.4 Å². The number of hydrogen-bond acceptors (Lipinski definition) is 6. The monoisotopic (exact) mass is 506 g/mol. The third kappa shape index (κ3) is 9.37. The molecule has 198 valence electrons. The van der Waals surface area contributed by atoms with Gasteiger partial charge < -0.3 is 23.4 Å². The van der Waals surface area contributed by atoms with Crippen LogP contribution in [0.5, 0.6) is 5.75 Å². The van der Waals surface area contributed by atoms with E-state index in [4.69, 9.17) is 23.4 Å². The molecule has 0 aromatic heterocycles. The smallest absolute Gasteiger partial charge is 0.308 e. The van der Waals surface area contributed by atoms with Gasteiger partial charge in [0.25, 0.3) is 0 Å². The summed E-state index contributed by atoms with van der Waals surface area (Å²) in [7, 11) is -0.200. The lowest BCUT2D eigenvalue weighted by Gasteiger charge is -2.39. The van der Waals surface area contributed by atoms with Crippen LogP contribution in [-0.2, 0) is 30.0 Å². The Labute approximate surface area is 213 Å². The van der Waals surface area contributed by atoms with Gasteiger partial charge in [-0.1, -0.05) is 39.0 Å². The van der Waals surface area contributed by atoms with Crippen LogP contribution in [0.25, 0.3) is 6.08 Å². The molecule has 2 rings (SSSR count). The van der Waals surface area contributed by atoms with Gasteiger partial charge in [0, 0.05) is 12.0 Å². The van der Waals surface area contributed by atoms with E-state index in [1.54, 1.807) is 7.11 Å². The Morgan fingerprint density at radius 3 is 2.37 bits per heavy atom. The highest BCUT2D eigenvalue weighted by Gasteiger charge is 2.38. The Balaban J connectivity index is 2.12. The minimum atomic E-state index is -1.88. The number of esters is 1. The van der Waals surface area contributed by atoms with Crippen molar-refractivity contribution in [2.75, 3.05) is 7.11 Å². The summed E-state index contributed by atoms with van der Waals surface area (Å²) >= 11 is 0. The van der Waals surface area contributed by atoms with Crippen molar-refractivity contribution < 1.29 is 28.2 Å².